The Morgan fingerprint density at radius 1 is 0.415 bits per heavy atom. The van der Waals surface area contributed by atoms with Gasteiger partial charge in [-0.3, -0.25) is 9.59 Å². The van der Waals surface area contributed by atoms with Crippen LogP contribution in [0.1, 0.15) is 328 Å². The van der Waals surface area contributed by atoms with E-state index >= 15 is 0 Å². The molecule has 386 valence electrons. The molecule has 2 atom stereocenters. The zero-order valence-electron chi connectivity index (χ0n) is 44.0. The van der Waals surface area contributed by atoms with Gasteiger partial charge in [0.15, 0.2) is 0 Å². The highest BCUT2D eigenvalue weighted by molar-refractivity contribution is 5.76. The third-order valence-corrected chi connectivity index (χ3v) is 13.8. The average molecular weight is 919 g/mol. The molecule has 0 aromatic rings. The fourth-order valence-corrected chi connectivity index (χ4v) is 9.28. The van der Waals surface area contributed by atoms with E-state index in [0.29, 0.717) is 25.9 Å². The van der Waals surface area contributed by atoms with E-state index in [0.717, 1.165) is 44.9 Å². The highest BCUT2D eigenvalue weighted by atomic mass is 16.5. The lowest BCUT2D eigenvalue weighted by Gasteiger charge is -2.22. The Morgan fingerprint density at radius 2 is 0.723 bits per heavy atom. The molecule has 0 bridgehead atoms. The molecule has 0 aromatic carbocycles. The molecule has 0 heterocycles. The molecule has 0 aromatic heterocycles. The number of aliphatic hydroxyl groups is 2. The number of amides is 1. The first-order valence-electron chi connectivity index (χ1n) is 29.4. The Morgan fingerprint density at radius 3 is 1.09 bits per heavy atom. The van der Waals surface area contributed by atoms with E-state index in [1.165, 1.54) is 250 Å². The standard InChI is InChI=1S/C59H115NO5/c1-3-5-7-9-11-13-15-16-17-22-26-29-33-37-41-45-49-53-59(64)65-54-50-46-42-38-34-30-27-24-21-19-18-20-23-25-28-32-36-40-44-48-52-58(63)60-56(55-61)57(62)51-47-43-39-35-31-14-12-10-8-6-4-2/h16-17,56-57,61-62H,3-15,18-55H2,1-2H3,(H,60,63)/b17-16-. The number of hydrogen-bond acceptors (Lipinski definition) is 5. The number of rotatable bonds is 55. The Kier molecular flexibility index (Phi) is 54.0. The van der Waals surface area contributed by atoms with Crippen LogP contribution in [0.2, 0.25) is 0 Å². The van der Waals surface area contributed by atoms with Crippen LogP contribution >= 0.6 is 0 Å². The summed E-state index contributed by atoms with van der Waals surface area (Å²) in [4.78, 5) is 24.5. The second-order valence-corrected chi connectivity index (χ2v) is 20.3. The smallest absolute Gasteiger partial charge is 0.305 e. The van der Waals surface area contributed by atoms with Gasteiger partial charge in [-0.25, -0.2) is 0 Å². The fourth-order valence-electron chi connectivity index (χ4n) is 9.28. The highest BCUT2D eigenvalue weighted by Crippen LogP contribution is 2.17. The molecule has 65 heavy (non-hydrogen) atoms. The van der Waals surface area contributed by atoms with Gasteiger partial charge in [-0.15, -0.1) is 0 Å². The monoisotopic (exact) mass is 918 g/mol. The highest BCUT2D eigenvalue weighted by Gasteiger charge is 2.20. The van der Waals surface area contributed by atoms with E-state index in [-0.39, 0.29) is 18.5 Å². The van der Waals surface area contributed by atoms with Crippen LogP contribution in [0.25, 0.3) is 0 Å². The molecule has 0 rings (SSSR count). The van der Waals surface area contributed by atoms with Gasteiger partial charge < -0.3 is 20.3 Å². The zero-order chi connectivity index (χ0) is 47.2. The molecule has 0 saturated carbocycles. The van der Waals surface area contributed by atoms with Crippen LogP contribution in [0.15, 0.2) is 12.2 Å². The molecule has 6 nitrogen and oxygen atoms in total. The van der Waals surface area contributed by atoms with Crippen LogP contribution in [0.4, 0.5) is 0 Å². The number of carbonyl (C=O) groups excluding carboxylic acids is 2. The van der Waals surface area contributed by atoms with E-state index in [1.54, 1.807) is 0 Å². The Balaban J connectivity index is 3.36. The van der Waals surface area contributed by atoms with Crippen molar-refractivity contribution in [2.24, 2.45) is 0 Å². The Bertz CT molecular complexity index is 970. The van der Waals surface area contributed by atoms with E-state index < -0.39 is 12.1 Å². The number of carbonyl (C=O) groups is 2. The van der Waals surface area contributed by atoms with Crippen molar-refractivity contribution in [3.05, 3.63) is 12.2 Å². The van der Waals surface area contributed by atoms with Crippen LogP contribution in [-0.4, -0.2) is 47.4 Å². The Labute approximate surface area is 406 Å². The van der Waals surface area contributed by atoms with Gasteiger partial charge in [-0.05, 0) is 51.4 Å². The van der Waals surface area contributed by atoms with Crippen LogP contribution in [0, 0.1) is 0 Å². The summed E-state index contributed by atoms with van der Waals surface area (Å²) < 4.78 is 5.49. The summed E-state index contributed by atoms with van der Waals surface area (Å²) in [5.74, 6) is -0.0290. The van der Waals surface area contributed by atoms with E-state index in [1.807, 2.05) is 0 Å². The lowest BCUT2D eigenvalue weighted by molar-refractivity contribution is -0.143. The number of esters is 1. The fraction of sp³-hybridized carbons (Fsp3) is 0.932. The third kappa shape index (κ3) is 51.8. The van der Waals surface area contributed by atoms with Crippen molar-refractivity contribution in [1.29, 1.82) is 0 Å². The molecule has 0 fully saturated rings. The summed E-state index contributed by atoms with van der Waals surface area (Å²) in [5.41, 5.74) is 0. The van der Waals surface area contributed by atoms with Gasteiger partial charge in [-0.2, -0.15) is 0 Å². The van der Waals surface area contributed by atoms with Crippen molar-refractivity contribution in [2.75, 3.05) is 13.2 Å². The van der Waals surface area contributed by atoms with Gasteiger partial charge in [0.1, 0.15) is 0 Å². The molecule has 0 aliphatic rings. The van der Waals surface area contributed by atoms with Gasteiger partial charge in [-0.1, -0.05) is 276 Å². The van der Waals surface area contributed by atoms with Crippen LogP contribution < -0.4 is 5.32 Å². The molecule has 0 spiro atoms. The summed E-state index contributed by atoms with van der Waals surface area (Å²) in [7, 11) is 0. The number of aliphatic hydroxyl groups excluding tert-OH is 2. The lowest BCUT2D eigenvalue weighted by Crippen LogP contribution is -2.45. The molecular weight excluding hydrogens is 803 g/mol. The van der Waals surface area contributed by atoms with E-state index in [4.69, 9.17) is 4.74 Å². The summed E-state index contributed by atoms with van der Waals surface area (Å²) in [6.45, 7) is 4.95. The maximum Gasteiger partial charge on any atom is 0.305 e. The van der Waals surface area contributed by atoms with Crippen LogP contribution in [0.3, 0.4) is 0 Å². The minimum Gasteiger partial charge on any atom is -0.466 e. The molecule has 6 heteroatoms. The second kappa shape index (κ2) is 55.2. The number of hydrogen-bond donors (Lipinski definition) is 3. The van der Waals surface area contributed by atoms with Crippen molar-refractivity contribution in [1.82, 2.24) is 5.32 Å². The normalized spacial score (nSPS) is 12.6. The van der Waals surface area contributed by atoms with Gasteiger partial charge in [0.05, 0.1) is 25.4 Å². The van der Waals surface area contributed by atoms with Crippen LogP contribution in [-0.2, 0) is 14.3 Å². The number of unbranched alkanes of at least 4 members (excludes halogenated alkanes) is 42. The second-order valence-electron chi connectivity index (χ2n) is 20.3. The summed E-state index contributed by atoms with van der Waals surface area (Å²) in [5, 5.41) is 23.2. The Hall–Kier alpha value is -1.40. The predicted octanol–water partition coefficient (Wildman–Crippen LogP) is 18.1. The van der Waals surface area contributed by atoms with Gasteiger partial charge in [0.25, 0.3) is 0 Å². The minimum atomic E-state index is -0.663. The van der Waals surface area contributed by atoms with E-state index in [2.05, 4.69) is 31.3 Å². The van der Waals surface area contributed by atoms with Crippen molar-refractivity contribution in [2.45, 2.75) is 341 Å². The summed E-state index contributed by atoms with van der Waals surface area (Å²) in [6.07, 6.45) is 65.0. The van der Waals surface area contributed by atoms with Crippen molar-refractivity contribution in [3.8, 4) is 0 Å². The van der Waals surface area contributed by atoms with Crippen molar-refractivity contribution < 1.29 is 24.5 Å². The topological polar surface area (TPSA) is 95.9 Å². The van der Waals surface area contributed by atoms with Gasteiger partial charge >= 0.3 is 5.97 Å². The molecule has 0 aliphatic heterocycles. The first-order chi connectivity index (χ1) is 32.0. The minimum absolute atomic E-state index is 0.00773. The molecule has 0 saturated heterocycles. The molecule has 2 unspecified atom stereocenters. The quantitative estimate of drug-likeness (QED) is 0.0321. The molecule has 3 N–H and O–H groups in total. The van der Waals surface area contributed by atoms with Crippen molar-refractivity contribution in [3.63, 3.8) is 0 Å². The summed E-state index contributed by atoms with van der Waals surface area (Å²) in [6, 6.07) is -0.541. The average Bonchev–Trinajstić information content (AvgIpc) is 3.31. The maximum atomic E-state index is 12.4. The molecule has 0 aliphatic carbocycles. The predicted molar refractivity (Wildman–Crippen MR) is 283 cm³/mol. The SMILES string of the molecule is CCCCCCCC/C=C\CCCCCCCCCC(=O)OCCCCCCCCCCCCCCCCCCCCCCC(=O)NC(CO)C(O)CCCCCCCCCCCCC. The number of ether oxygens (including phenoxy) is 1. The lowest BCUT2D eigenvalue weighted by atomic mass is 10.0. The summed E-state index contributed by atoms with van der Waals surface area (Å²) >= 11 is 0. The van der Waals surface area contributed by atoms with Gasteiger partial charge in [0.2, 0.25) is 5.91 Å². The largest absolute Gasteiger partial charge is 0.466 e. The number of allylic oxidation sites excluding steroid dienone is 2. The van der Waals surface area contributed by atoms with E-state index in [9.17, 15) is 19.8 Å². The molecule has 1 amide bonds. The number of nitrogens with one attached hydrogen (secondary N) is 1. The van der Waals surface area contributed by atoms with Crippen molar-refractivity contribution >= 4 is 11.9 Å². The zero-order valence-corrected chi connectivity index (χ0v) is 44.0. The maximum absolute atomic E-state index is 12.4. The van der Waals surface area contributed by atoms with Gasteiger partial charge in [0, 0.05) is 12.8 Å². The van der Waals surface area contributed by atoms with Crippen LogP contribution in [0.5, 0.6) is 0 Å². The molecular formula is C59H115NO5. The third-order valence-electron chi connectivity index (χ3n) is 13.8. The molecule has 0 radical (unpaired) electrons. The first-order valence-corrected chi connectivity index (χ1v) is 29.4. The first kappa shape index (κ1) is 63.6.